The molecule has 0 spiro atoms. The van der Waals surface area contributed by atoms with Gasteiger partial charge in [0, 0.05) is 26.2 Å². The summed E-state index contributed by atoms with van der Waals surface area (Å²) in [5.74, 6) is -2.78. The molecule has 0 fully saturated rings. The Kier molecular flexibility index (Phi) is 4.60. The fourth-order valence-electron chi connectivity index (χ4n) is 0.823. The largest absolute Gasteiger partial charge is 0.505 e. The molecular weight excluding hydrogens is 377 g/mol. The van der Waals surface area contributed by atoms with Gasteiger partial charge >= 0.3 is 5.97 Å². The summed E-state index contributed by atoms with van der Waals surface area (Å²) in [7, 11) is 0. The van der Waals surface area contributed by atoms with Gasteiger partial charge in [0.2, 0.25) is 5.76 Å². The number of rotatable bonds is 2. The van der Waals surface area contributed by atoms with Gasteiger partial charge in [-0.3, -0.25) is 0 Å². The summed E-state index contributed by atoms with van der Waals surface area (Å²) in [4.78, 5) is 10.5. The van der Waals surface area contributed by atoms with E-state index < -0.39 is 36.3 Å². The van der Waals surface area contributed by atoms with Gasteiger partial charge in [0.25, 0.3) is 0 Å². The minimum atomic E-state index is -1.42. The van der Waals surface area contributed by atoms with Gasteiger partial charge in [-0.15, -0.1) is 0 Å². The molecule has 0 aromatic carbocycles. The molecule has 0 saturated heterocycles. The van der Waals surface area contributed by atoms with E-state index in [2.05, 4.69) is 4.74 Å². The summed E-state index contributed by atoms with van der Waals surface area (Å²) in [6.07, 6.45) is -2.78. The Morgan fingerprint density at radius 1 is 1.46 bits per heavy atom. The van der Waals surface area contributed by atoms with E-state index in [1.807, 2.05) is 0 Å². The monoisotopic (exact) mass is 385 g/mol. The van der Waals surface area contributed by atoms with E-state index in [1.54, 1.807) is 0 Å². The van der Waals surface area contributed by atoms with Gasteiger partial charge in [0.1, 0.15) is 6.10 Å². The van der Waals surface area contributed by atoms with Crippen LogP contribution in [0.25, 0.3) is 0 Å². The first-order valence-electron chi connectivity index (χ1n) is 3.20. The zero-order valence-corrected chi connectivity index (χ0v) is 9.89. The molecule has 2 atom stereocenters. The van der Waals surface area contributed by atoms with Crippen LogP contribution in [0, 0.1) is 0 Å². The summed E-state index contributed by atoms with van der Waals surface area (Å²) < 4.78 is 4.32. The standard InChI is InChI=1S/C6H8O6.Bi/c7-1-2(8)5-3(9)4(10)6(11)12-5;/h2,5,7-10H,1H2;/t2-,5+;/m0./s1. The zero-order valence-electron chi connectivity index (χ0n) is 6.41. The fraction of sp³-hybridized carbons (Fsp3) is 0.500. The van der Waals surface area contributed by atoms with Crippen molar-refractivity contribution in [3.8, 4) is 0 Å². The molecular formula is C6H8BiO6. The summed E-state index contributed by atoms with van der Waals surface area (Å²) in [5.41, 5.74) is 0. The average molecular weight is 385 g/mol. The number of cyclic esters (lactones) is 1. The molecule has 0 aromatic rings. The average Bonchev–Trinajstić information content (AvgIpc) is 2.32. The first kappa shape index (κ1) is 12.6. The smallest absolute Gasteiger partial charge is 0.377 e. The van der Waals surface area contributed by atoms with Crippen LogP contribution < -0.4 is 0 Å². The predicted octanol–water partition coefficient (Wildman–Crippen LogP) is -1.79. The van der Waals surface area contributed by atoms with Crippen molar-refractivity contribution in [1.29, 1.82) is 0 Å². The maximum absolute atomic E-state index is 10.5. The van der Waals surface area contributed by atoms with Crippen LogP contribution >= 0.6 is 0 Å². The van der Waals surface area contributed by atoms with Crippen molar-refractivity contribution in [3.63, 3.8) is 0 Å². The van der Waals surface area contributed by atoms with E-state index >= 15 is 0 Å². The van der Waals surface area contributed by atoms with Gasteiger partial charge in [-0.05, 0) is 0 Å². The molecule has 13 heavy (non-hydrogen) atoms. The van der Waals surface area contributed by atoms with E-state index in [0.717, 1.165) is 0 Å². The van der Waals surface area contributed by atoms with Gasteiger partial charge in [-0.1, -0.05) is 0 Å². The Balaban J connectivity index is 0.00000144. The molecule has 7 heteroatoms. The Labute approximate surface area is 92.6 Å². The second-order valence-electron chi connectivity index (χ2n) is 2.31. The van der Waals surface area contributed by atoms with Crippen molar-refractivity contribution in [3.05, 3.63) is 11.5 Å². The van der Waals surface area contributed by atoms with E-state index in [-0.39, 0.29) is 26.2 Å². The molecule has 0 bridgehead atoms. The van der Waals surface area contributed by atoms with Crippen molar-refractivity contribution in [2.24, 2.45) is 0 Å². The number of ether oxygens (including phenoxy) is 1. The normalized spacial score (nSPS) is 23.8. The summed E-state index contributed by atoms with van der Waals surface area (Å²) in [6, 6.07) is 0. The molecule has 1 aliphatic heterocycles. The number of hydrogen-bond acceptors (Lipinski definition) is 6. The van der Waals surface area contributed by atoms with Crippen LogP contribution in [0.4, 0.5) is 0 Å². The second-order valence-corrected chi connectivity index (χ2v) is 2.31. The third kappa shape index (κ3) is 2.30. The Morgan fingerprint density at radius 2 is 2.00 bits per heavy atom. The number of aliphatic hydroxyl groups excluding tert-OH is 4. The third-order valence-electron chi connectivity index (χ3n) is 1.48. The number of esters is 1. The summed E-state index contributed by atoms with van der Waals surface area (Å²) >= 11 is 0. The van der Waals surface area contributed by atoms with Crippen LogP contribution in [0.2, 0.25) is 0 Å². The van der Waals surface area contributed by atoms with Crippen molar-refractivity contribution in [1.82, 2.24) is 0 Å². The number of aliphatic hydroxyl groups is 4. The summed E-state index contributed by atoms with van der Waals surface area (Å²) in [6.45, 7) is -0.671. The molecule has 3 radical (unpaired) electrons. The van der Waals surface area contributed by atoms with Gasteiger partial charge in [0.05, 0.1) is 6.61 Å². The summed E-state index contributed by atoms with van der Waals surface area (Å²) in [5, 5.41) is 35.0. The number of carbonyl (C=O) groups excluding carboxylic acids is 1. The zero-order chi connectivity index (χ0) is 9.30. The second kappa shape index (κ2) is 4.74. The predicted molar refractivity (Wildman–Crippen MR) is 41.0 cm³/mol. The SMILES string of the molecule is O=C1O[C@H]([C@@H](O)CO)C(O)=C1O.[Bi]. The van der Waals surface area contributed by atoms with Crippen LogP contribution in [0.5, 0.6) is 0 Å². The topological polar surface area (TPSA) is 107 Å². The van der Waals surface area contributed by atoms with E-state index in [0.29, 0.717) is 0 Å². The molecule has 1 heterocycles. The molecule has 0 unspecified atom stereocenters. The van der Waals surface area contributed by atoms with Crippen LogP contribution in [-0.2, 0) is 9.53 Å². The Morgan fingerprint density at radius 3 is 2.31 bits per heavy atom. The van der Waals surface area contributed by atoms with Gasteiger partial charge in [-0.25, -0.2) is 4.79 Å². The molecule has 4 N–H and O–H groups in total. The first-order valence-corrected chi connectivity index (χ1v) is 3.20. The quantitative estimate of drug-likeness (QED) is 0.331. The minimum Gasteiger partial charge on any atom is -0.505 e. The van der Waals surface area contributed by atoms with E-state index in [1.165, 1.54) is 0 Å². The molecule has 73 valence electrons. The number of hydrogen-bond donors (Lipinski definition) is 4. The maximum atomic E-state index is 10.5. The molecule has 0 aliphatic carbocycles. The van der Waals surface area contributed by atoms with Gasteiger partial charge in [-0.2, -0.15) is 0 Å². The first-order chi connectivity index (χ1) is 5.57. The van der Waals surface area contributed by atoms with Crippen LogP contribution in [0.3, 0.4) is 0 Å². The van der Waals surface area contributed by atoms with E-state index in [9.17, 15) is 4.79 Å². The Bertz CT molecular complexity index is 237. The molecule has 0 amide bonds. The Hall–Kier alpha value is -0.387. The van der Waals surface area contributed by atoms with Crippen molar-refractivity contribution in [2.45, 2.75) is 12.2 Å². The fourth-order valence-corrected chi connectivity index (χ4v) is 0.823. The van der Waals surface area contributed by atoms with Crippen molar-refractivity contribution < 1.29 is 30.0 Å². The van der Waals surface area contributed by atoms with Crippen molar-refractivity contribution in [2.75, 3.05) is 6.61 Å². The molecule has 6 nitrogen and oxygen atoms in total. The van der Waals surface area contributed by atoms with Crippen LogP contribution in [0.1, 0.15) is 0 Å². The van der Waals surface area contributed by atoms with Crippen molar-refractivity contribution >= 4 is 32.2 Å². The van der Waals surface area contributed by atoms with E-state index in [4.69, 9.17) is 20.4 Å². The number of carbonyl (C=O) groups is 1. The minimum absolute atomic E-state index is 0. The maximum Gasteiger partial charge on any atom is 0.377 e. The third-order valence-corrected chi connectivity index (χ3v) is 1.48. The van der Waals surface area contributed by atoms with Gasteiger partial charge < -0.3 is 25.2 Å². The molecule has 0 aromatic heterocycles. The molecule has 1 aliphatic rings. The van der Waals surface area contributed by atoms with Gasteiger partial charge in [0.15, 0.2) is 11.9 Å². The van der Waals surface area contributed by atoms with Crippen LogP contribution in [-0.4, -0.2) is 71.4 Å². The molecule has 1 rings (SSSR count). The molecule has 0 saturated carbocycles. The van der Waals surface area contributed by atoms with Crippen LogP contribution in [0.15, 0.2) is 11.5 Å².